The Morgan fingerprint density at radius 1 is 1.03 bits per heavy atom. The molecule has 1 atom stereocenters. The maximum absolute atomic E-state index is 6.27. The van der Waals surface area contributed by atoms with Crippen molar-refractivity contribution < 1.29 is 0 Å². The fourth-order valence-electron chi connectivity index (χ4n) is 3.68. The van der Waals surface area contributed by atoms with Crippen molar-refractivity contribution in [3.8, 4) is 0 Å². The molecule has 2 aromatic carbocycles. The fourth-order valence-corrected chi connectivity index (χ4v) is 4.73. The second-order valence-corrected chi connectivity index (χ2v) is 8.31. The molecular formula is C23H34Cl2N4S. The van der Waals surface area contributed by atoms with Crippen molar-refractivity contribution in [2.75, 3.05) is 31.1 Å². The van der Waals surface area contributed by atoms with Crippen LogP contribution in [0.4, 0.5) is 11.4 Å². The van der Waals surface area contributed by atoms with E-state index in [4.69, 9.17) is 5.73 Å². The molecule has 0 aromatic heterocycles. The van der Waals surface area contributed by atoms with Crippen LogP contribution in [-0.4, -0.2) is 43.0 Å². The van der Waals surface area contributed by atoms with E-state index in [-0.39, 0.29) is 24.8 Å². The predicted molar refractivity (Wildman–Crippen MR) is 137 cm³/mol. The predicted octanol–water partition coefficient (Wildman–Crippen LogP) is 5.98. The summed E-state index contributed by atoms with van der Waals surface area (Å²) in [6.07, 6.45) is 1.00. The number of aliphatic imine (C=N–C) groups is 1. The van der Waals surface area contributed by atoms with Gasteiger partial charge in [0.15, 0.2) is 0 Å². The molecule has 2 aromatic rings. The van der Waals surface area contributed by atoms with E-state index in [1.54, 1.807) is 0 Å². The number of amidine groups is 1. The second kappa shape index (κ2) is 12.5. The molecule has 0 saturated heterocycles. The summed E-state index contributed by atoms with van der Waals surface area (Å²) in [4.78, 5) is 12.1. The van der Waals surface area contributed by atoms with E-state index in [2.05, 4.69) is 85.0 Å². The summed E-state index contributed by atoms with van der Waals surface area (Å²) in [5.41, 5.74) is 9.79. The average molecular weight is 470 g/mol. The van der Waals surface area contributed by atoms with Crippen LogP contribution >= 0.6 is 36.6 Å². The highest BCUT2D eigenvalue weighted by atomic mass is 35.5. The molecule has 7 heteroatoms. The van der Waals surface area contributed by atoms with Gasteiger partial charge in [0.2, 0.25) is 0 Å². The lowest BCUT2D eigenvalue weighted by Crippen LogP contribution is -2.41. The molecule has 1 aliphatic rings. The van der Waals surface area contributed by atoms with Crippen LogP contribution in [0.3, 0.4) is 0 Å². The van der Waals surface area contributed by atoms with Crippen molar-refractivity contribution in [2.45, 2.75) is 49.9 Å². The molecule has 0 radical (unpaired) electrons. The van der Waals surface area contributed by atoms with E-state index in [0.29, 0.717) is 11.9 Å². The number of benzene rings is 2. The van der Waals surface area contributed by atoms with Gasteiger partial charge in [-0.25, -0.2) is 0 Å². The van der Waals surface area contributed by atoms with Crippen LogP contribution in [-0.2, 0) is 0 Å². The Morgan fingerprint density at radius 3 is 2.37 bits per heavy atom. The lowest BCUT2D eigenvalue weighted by Gasteiger charge is -2.39. The first-order valence-corrected chi connectivity index (χ1v) is 11.1. The van der Waals surface area contributed by atoms with Crippen LogP contribution in [0.25, 0.3) is 0 Å². The molecule has 1 heterocycles. The third-order valence-corrected chi connectivity index (χ3v) is 6.35. The van der Waals surface area contributed by atoms with E-state index in [0.717, 1.165) is 38.2 Å². The Kier molecular flexibility index (Phi) is 11.1. The van der Waals surface area contributed by atoms with Gasteiger partial charge in [0, 0.05) is 34.5 Å². The van der Waals surface area contributed by atoms with Gasteiger partial charge in [-0.3, -0.25) is 4.99 Å². The van der Waals surface area contributed by atoms with Gasteiger partial charge in [0.1, 0.15) is 5.84 Å². The highest BCUT2D eigenvalue weighted by Gasteiger charge is 2.28. The zero-order valence-corrected chi connectivity index (χ0v) is 20.7. The van der Waals surface area contributed by atoms with E-state index in [1.807, 2.05) is 11.8 Å². The summed E-state index contributed by atoms with van der Waals surface area (Å²) < 4.78 is 0. The quantitative estimate of drug-likeness (QED) is 0.382. The summed E-state index contributed by atoms with van der Waals surface area (Å²) >= 11 is 1.84. The Bertz CT molecular complexity index is 840. The number of para-hydroxylation sites is 1. The van der Waals surface area contributed by atoms with Crippen molar-refractivity contribution in [1.82, 2.24) is 4.90 Å². The molecule has 166 valence electrons. The summed E-state index contributed by atoms with van der Waals surface area (Å²) in [5.74, 6) is 0.629. The Morgan fingerprint density at radius 2 is 1.70 bits per heavy atom. The fraction of sp³-hybridized carbons (Fsp3) is 0.435. The molecule has 0 aliphatic carbocycles. The monoisotopic (exact) mass is 468 g/mol. The molecule has 0 fully saturated rings. The topological polar surface area (TPSA) is 44.9 Å². The Balaban J connectivity index is 0.00000225. The van der Waals surface area contributed by atoms with Crippen LogP contribution < -0.4 is 10.6 Å². The van der Waals surface area contributed by atoms with Crippen molar-refractivity contribution in [2.24, 2.45) is 10.7 Å². The largest absolute Gasteiger partial charge is 0.384 e. The first-order valence-electron chi connectivity index (χ1n) is 10.3. The summed E-state index contributed by atoms with van der Waals surface area (Å²) in [6, 6.07) is 15.5. The van der Waals surface area contributed by atoms with Gasteiger partial charge in [0.25, 0.3) is 0 Å². The average Bonchev–Trinajstić information content (AvgIpc) is 2.73. The smallest absolute Gasteiger partial charge is 0.125 e. The Labute approximate surface area is 198 Å². The molecule has 4 nitrogen and oxygen atoms in total. The summed E-state index contributed by atoms with van der Waals surface area (Å²) in [7, 11) is 0. The zero-order chi connectivity index (χ0) is 20.1. The Hall–Kier alpha value is -1.40. The van der Waals surface area contributed by atoms with Gasteiger partial charge >= 0.3 is 0 Å². The number of hydrogen-bond acceptors (Lipinski definition) is 4. The molecule has 0 bridgehead atoms. The molecule has 0 unspecified atom stereocenters. The molecule has 0 spiro atoms. The van der Waals surface area contributed by atoms with Crippen LogP contribution in [0, 0.1) is 0 Å². The van der Waals surface area contributed by atoms with Gasteiger partial charge in [-0.1, -0.05) is 50.7 Å². The minimum absolute atomic E-state index is 0. The van der Waals surface area contributed by atoms with Crippen molar-refractivity contribution in [3.05, 3.63) is 48.0 Å². The third kappa shape index (κ3) is 5.85. The first kappa shape index (κ1) is 26.6. The van der Waals surface area contributed by atoms with E-state index >= 15 is 0 Å². The highest BCUT2D eigenvalue weighted by molar-refractivity contribution is 7.99. The summed E-state index contributed by atoms with van der Waals surface area (Å²) in [5, 5.41) is 0. The lowest BCUT2D eigenvalue weighted by atomic mass is 10.1. The maximum atomic E-state index is 6.27. The van der Waals surface area contributed by atoms with Gasteiger partial charge in [-0.15, -0.1) is 24.8 Å². The maximum Gasteiger partial charge on any atom is 0.125 e. The highest BCUT2D eigenvalue weighted by Crippen LogP contribution is 2.49. The van der Waals surface area contributed by atoms with E-state index < -0.39 is 0 Å². The third-order valence-electron chi connectivity index (χ3n) is 5.22. The van der Waals surface area contributed by atoms with Gasteiger partial charge in [-0.2, -0.15) is 0 Å². The number of anilines is 2. The minimum atomic E-state index is 0. The second-order valence-electron chi connectivity index (χ2n) is 7.22. The van der Waals surface area contributed by atoms with Gasteiger partial charge in [-0.05, 0) is 50.7 Å². The van der Waals surface area contributed by atoms with Crippen LogP contribution in [0.5, 0.6) is 0 Å². The molecule has 2 N–H and O–H groups in total. The minimum Gasteiger partial charge on any atom is -0.384 e. The van der Waals surface area contributed by atoms with Crippen molar-refractivity contribution >= 4 is 53.8 Å². The number of fused-ring (bicyclic) bond motifs is 2. The first-order chi connectivity index (χ1) is 13.6. The molecule has 30 heavy (non-hydrogen) atoms. The molecule has 1 aliphatic heterocycles. The SMILES string of the molecule is CCCN=C(N)c1ccc2c(c1)N([C@H](C)CN(CC)CC)c1ccccc1S2.Cl.Cl. The molecule has 0 saturated carbocycles. The van der Waals surface area contributed by atoms with Gasteiger partial charge in [0.05, 0.1) is 11.4 Å². The zero-order valence-electron chi connectivity index (χ0n) is 18.3. The molecule has 3 rings (SSSR count). The van der Waals surface area contributed by atoms with Crippen molar-refractivity contribution in [3.63, 3.8) is 0 Å². The molecular weight excluding hydrogens is 435 g/mol. The summed E-state index contributed by atoms with van der Waals surface area (Å²) in [6.45, 7) is 12.8. The van der Waals surface area contributed by atoms with Gasteiger partial charge < -0.3 is 15.5 Å². The normalized spacial score (nSPS) is 13.8. The van der Waals surface area contributed by atoms with E-state index in [9.17, 15) is 0 Å². The number of halogens is 2. The standard InChI is InChI=1S/C23H32N4S.2ClH/c1-5-14-25-23(24)18-12-13-22-20(15-18)27(17(4)16-26(6-2)7-3)19-10-8-9-11-21(19)28-22;;/h8-13,15,17H,5-7,14,16H2,1-4H3,(H2,24,25);2*1H/t17-;;/m1../s1. The van der Waals surface area contributed by atoms with Crippen LogP contribution in [0.2, 0.25) is 0 Å². The van der Waals surface area contributed by atoms with Crippen LogP contribution in [0.15, 0.2) is 57.2 Å². The van der Waals surface area contributed by atoms with Crippen molar-refractivity contribution in [1.29, 1.82) is 0 Å². The number of hydrogen-bond donors (Lipinski definition) is 1. The number of nitrogens with two attached hydrogens (primary N) is 1. The lowest BCUT2D eigenvalue weighted by molar-refractivity contribution is 0.288. The number of likely N-dealkylation sites (N-methyl/N-ethyl adjacent to an activating group) is 1. The number of nitrogens with zero attached hydrogens (tertiary/aromatic N) is 3. The number of rotatable bonds is 8. The van der Waals surface area contributed by atoms with E-state index in [1.165, 1.54) is 21.2 Å². The molecule has 0 amide bonds. The van der Waals surface area contributed by atoms with Crippen LogP contribution in [0.1, 0.15) is 39.7 Å².